The number of aryl methyl sites for hydroxylation is 1. The van der Waals surface area contributed by atoms with Crippen molar-refractivity contribution in [3.63, 3.8) is 0 Å². The molecular weight excluding hydrogens is 172 g/mol. The predicted octanol–water partition coefficient (Wildman–Crippen LogP) is 2.04. The predicted molar refractivity (Wildman–Crippen MR) is 60.4 cm³/mol. The van der Waals surface area contributed by atoms with Crippen molar-refractivity contribution in [2.24, 2.45) is 0 Å². The maximum Gasteiger partial charge on any atom is 0.0317 e. The molecule has 2 rings (SSSR count). The van der Waals surface area contributed by atoms with E-state index in [1.165, 1.54) is 24.0 Å². The molecule has 1 saturated heterocycles. The first-order valence-electron chi connectivity index (χ1n) is 5.34. The van der Waals surface area contributed by atoms with Crippen LogP contribution in [0.25, 0.3) is 0 Å². The maximum absolute atomic E-state index is 5.81. The summed E-state index contributed by atoms with van der Waals surface area (Å²) in [5.41, 5.74) is 9.50. The number of rotatable bonds is 1. The summed E-state index contributed by atoms with van der Waals surface area (Å²) >= 11 is 0. The summed E-state index contributed by atoms with van der Waals surface area (Å²) in [5, 5.41) is 3.44. The smallest absolute Gasteiger partial charge is 0.0317 e. The summed E-state index contributed by atoms with van der Waals surface area (Å²) in [4.78, 5) is 0. The van der Waals surface area contributed by atoms with Gasteiger partial charge in [-0.2, -0.15) is 0 Å². The van der Waals surface area contributed by atoms with E-state index < -0.39 is 0 Å². The van der Waals surface area contributed by atoms with Gasteiger partial charge in [-0.05, 0) is 55.5 Å². The van der Waals surface area contributed by atoms with Crippen LogP contribution in [0.2, 0.25) is 0 Å². The monoisotopic (exact) mass is 190 g/mol. The minimum absolute atomic E-state index is 0.659. The van der Waals surface area contributed by atoms with Gasteiger partial charge in [0.2, 0.25) is 0 Å². The van der Waals surface area contributed by atoms with Crippen LogP contribution in [0.15, 0.2) is 18.2 Å². The van der Waals surface area contributed by atoms with E-state index in [0.29, 0.717) is 5.92 Å². The van der Waals surface area contributed by atoms with Crippen molar-refractivity contribution in [2.45, 2.75) is 25.7 Å². The zero-order valence-electron chi connectivity index (χ0n) is 8.72. The van der Waals surface area contributed by atoms with Gasteiger partial charge >= 0.3 is 0 Å². The largest absolute Gasteiger partial charge is 0.399 e. The topological polar surface area (TPSA) is 38.0 Å². The molecule has 1 aromatic carbocycles. The molecular formula is C12H18N2. The lowest BCUT2D eigenvalue weighted by Crippen LogP contribution is -2.28. The van der Waals surface area contributed by atoms with Gasteiger partial charge in [-0.1, -0.05) is 6.07 Å². The molecule has 0 aromatic heterocycles. The van der Waals surface area contributed by atoms with Gasteiger partial charge in [-0.3, -0.25) is 0 Å². The molecule has 1 aliphatic rings. The lowest BCUT2D eigenvalue weighted by Gasteiger charge is -2.24. The summed E-state index contributed by atoms with van der Waals surface area (Å²) in [5.74, 6) is 0.659. The van der Waals surface area contributed by atoms with Crippen LogP contribution in [0.3, 0.4) is 0 Å². The first-order chi connectivity index (χ1) is 6.77. The maximum atomic E-state index is 5.81. The number of hydrogen-bond acceptors (Lipinski definition) is 2. The number of nitrogens with one attached hydrogen (secondary N) is 1. The molecule has 0 spiro atoms. The molecule has 2 nitrogen and oxygen atoms in total. The van der Waals surface area contributed by atoms with Crippen molar-refractivity contribution < 1.29 is 0 Å². The number of hydrogen-bond donors (Lipinski definition) is 2. The minimum Gasteiger partial charge on any atom is -0.399 e. The molecule has 14 heavy (non-hydrogen) atoms. The van der Waals surface area contributed by atoms with Gasteiger partial charge in [0.15, 0.2) is 0 Å². The molecule has 2 heteroatoms. The Bertz CT molecular complexity index is 314. The molecule has 1 aliphatic heterocycles. The van der Waals surface area contributed by atoms with Gasteiger partial charge in [0, 0.05) is 12.2 Å². The van der Waals surface area contributed by atoms with Crippen LogP contribution in [0.4, 0.5) is 5.69 Å². The van der Waals surface area contributed by atoms with E-state index in [9.17, 15) is 0 Å². The third kappa shape index (κ3) is 1.90. The molecule has 1 unspecified atom stereocenters. The van der Waals surface area contributed by atoms with Crippen LogP contribution in [-0.4, -0.2) is 13.1 Å². The Balaban J connectivity index is 2.24. The van der Waals surface area contributed by atoms with Crippen molar-refractivity contribution in [3.05, 3.63) is 29.3 Å². The molecule has 0 amide bonds. The van der Waals surface area contributed by atoms with Crippen LogP contribution < -0.4 is 11.1 Å². The fraction of sp³-hybridized carbons (Fsp3) is 0.500. The molecule has 0 radical (unpaired) electrons. The molecule has 1 heterocycles. The summed E-state index contributed by atoms with van der Waals surface area (Å²) < 4.78 is 0. The average Bonchev–Trinajstić information content (AvgIpc) is 2.23. The zero-order chi connectivity index (χ0) is 9.97. The Morgan fingerprint density at radius 3 is 3.00 bits per heavy atom. The van der Waals surface area contributed by atoms with Crippen molar-refractivity contribution >= 4 is 5.69 Å². The molecule has 1 atom stereocenters. The van der Waals surface area contributed by atoms with Crippen LogP contribution in [-0.2, 0) is 0 Å². The minimum atomic E-state index is 0.659. The third-order valence-electron chi connectivity index (χ3n) is 3.04. The Morgan fingerprint density at radius 2 is 2.29 bits per heavy atom. The summed E-state index contributed by atoms with van der Waals surface area (Å²) in [7, 11) is 0. The van der Waals surface area contributed by atoms with Gasteiger partial charge in [0.05, 0.1) is 0 Å². The van der Waals surface area contributed by atoms with Crippen LogP contribution in [0.1, 0.15) is 29.9 Å². The lowest BCUT2D eigenvalue weighted by molar-refractivity contribution is 0.460. The van der Waals surface area contributed by atoms with Gasteiger partial charge in [0.25, 0.3) is 0 Å². The second kappa shape index (κ2) is 4.01. The van der Waals surface area contributed by atoms with E-state index in [2.05, 4.69) is 24.4 Å². The summed E-state index contributed by atoms with van der Waals surface area (Å²) in [6, 6.07) is 6.24. The normalized spacial score (nSPS) is 22.2. The number of nitrogen functional groups attached to an aromatic ring is 1. The fourth-order valence-corrected chi connectivity index (χ4v) is 2.22. The molecule has 3 N–H and O–H groups in total. The first kappa shape index (κ1) is 9.53. The second-order valence-electron chi connectivity index (χ2n) is 4.16. The average molecular weight is 190 g/mol. The zero-order valence-corrected chi connectivity index (χ0v) is 8.72. The van der Waals surface area contributed by atoms with E-state index >= 15 is 0 Å². The molecule has 1 aromatic rings. The second-order valence-corrected chi connectivity index (χ2v) is 4.16. The highest BCUT2D eigenvalue weighted by atomic mass is 14.9. The van der Waals surface area contributed by atoms with Crippen molar-refractivity contribution in [1.82, 2.24) is 5.32 Å². The van der Waals surface area contributed by atoms with Gasteiger partial charge < -0.3 is 11.1 Å². The summed E-state index contributed by atoms with van der Waals surface area (Å²) in [6.45, 7) is 4.44. The number of benzene rings is 1. The quantitative estimate of drug-likeness (QED) is 0.665. The highest BCUT2D eigenvalue weighted by Crippen LogP contribution is 2.27. The van der Waals surface area contributed by atoms with Crippen LogP contribution in [0, 0.1) is 6.92 Å². The Kier molecular flexibility index (Phi) is 2.73. The van der Waals surface area contributed by atoms with E-state index in [4.69, 9.17) is 5.73 Å². The highest BCUT2D eigenvalue weighted by Gasteiger charge is 2.16. The Morgan fingerprint density at radius 1 is 1.43 bits per heavy atom. The van der Waals surface area contributed by atoms with E-state index in [1.54, 1.807) is 0 Å². The van der Waals surface area contributed by atoms with Crippen molar-refractivity contribution in [2.75, 3.05) is 18.8 Å². The Labute approximate surface area is 85.5 Å². The van der Waals surface area contributed by atoms with Crippen molar-refractivity contribution in [1.29, 1.82) is 0 Å². The first-order valence-corrected chi connectivity index (χ1v) is 5.34. The molecule has 0 saturated carbocycles. The van der Waals surface area contributed by atoms with Crippen LogP contribution >= 0.6 is 0 Å². The van der Waals surface area contributed by atoms with Crippen molar-refractivity contribution in [3.8, 4) is 0 Å². The molecule has 76 valence electrons. The van der Waals surface area contributed by atoms with E-state index in [0.717, 1.165) is 18.8 Å². The van der Waals surface area contributed by atoms with E-state index in [1.807, 2.05) is 6.07 Å². The number of piperidine rings is 1. The fourth-order valence-electron chi connectivity index (χ4n) is 2.22. The third-order valence-corrected chi connectivity index (χ3v) is 3.04. The standard InChI is InChI=1S/C12H18N2/c1-9-4-5-11(13)7-12(9)10-3-2-6-14-8-10/h4-5,7,10,14H,2-3,6,8,13H2,1H3. The van der Waals surface area contributed by atoms with E-state index in [-0.39, 0.29) is 0 Å². The molecule has 0 bridgehead atoms. The summed E-state index contributed by atoms with van der Waals surface area (Å²) in [6.07, 6.45) is 2.57. The molecule has 0 aliphatic carbocycles. The van der Waals surface area contributed by atoms with Gasteiger partial charge in [-0.25, -0.2) is 0 Å². The molecule has 1 fully saturated rings. The lowest BCUT2D eigenvalue weighted by atomic mass is 9.88. The number of anilines is 1. The SMILES string of the molecule is Cc1ccc(N)cc1C1CCCNC1. The van der Waals surface area contributed by atoms with Gasteiger partial charge in [0.1, 0.15) is 0 Å². The van der Waals surface area contributed by atoms with Crippen LogP contribution in [0.5, 0.6) is 0 Å². The highest BCUT2D eigenvalue weighted by molar-refractivity contribution is 5.45. The Hall–Kier alpha value is -1.02. The van der Waals surface area contributed by atoms with Gasteiger partial charge in [-0.15, -0.1) is 0 Å². The number of nitrogens with two attached hydrogens (primary N) is 1.